The van der Waals surface area contributed by atoms with Crippen LogP contribution in [-0.2, 0) is 14.3 Å². The van der Waals surface area contributed by atoms with Crippen LogP contribution < -0.4 is 0 Å². The average Bonchev–Trinajstić information content (AvgIpc) is 2.19. The van der Waals surface area contributed by atoms with Crippen molar-refractivity contribution in [2.45, 2.75) is 12.5 Å². The SMILES string of the molecule is COCCN1CC(CC#N)OCC1=O. The Labute approximate surface area is 83.2 Å². The molecule has 0 bridgehead atoms. The number of ether oxygens (including phenoxy) is 2. The van der Waals surface area contributed by atoms with Gasteiger partial charge in [-0.15, -0.1) is 0 Å². The molecule has 1 amide bonds. The minimum absolute atomic E-state index is 0.0313. The van der Waals surface area contributed by atoms with Gasteiger partial charge in [0.1, 0.15) is 6.61 Å². The number of nitriles is 1. The summed E-state index contributed by atoms with van der Waals surface area (Å²) in [5.74, 6) is -0.0313. The molecule has 1 unspecified atom stereocenters. The quantitative estimate of drug-likeness (QED) is 0.626. The number of methoxy groups -OCH3 is 1. The maximum atomic E-state index is 11.3. The van der Waals surface area contributed by atoms with Crippen LogP contribution in [0.5, 0.6) is 0 Å². The number of morpholine rings is 1. The van der Waals surface area contributed by atoms with Crippen molar-refractivity contribution >= 4 is 5.91 Å². The molecule has 1 saturated heterocycles. The summed E-state index contributed by atoms with van der Waals surface area (Å²) in [4.78, 5) is 13.0. The van der Waals surface area contributed by atoms with Crippen LogP contribution in [0, 0.1) is 11.3 Å². The highest BCUT2D eigenvalue weighted by Crippen LogP contribution is 2.08. The van der Waals surface area contributed by atoms with Crippen molar-refractivity contribution in [1.29, 1.82) is 5.26 Å². The lowest BCUT2D eigenvalue weighted by atomic mass is 10.2. The van der Waals surface area contributed by atoms with Gasteiger partial charge in [-0.05, 0) is 0 Å². The molecule has 1 aliphatic heterocycles. The summed E-state index contributed by atoms with van der Waals surface area (Å²) in [5, 5.41) is 8.49. The van der Waals surface area contributed by atoms with Crippen molar-refractivity contribution in [1.82, 2.24) is 4.90 Å². The molecular formula is C9H14N2O3. The van der Waals surface area contributed by atoms with E-state index < -0.39 is 0 Å². The maximum Gasteiger partial charge on any atom is 0.248 e. The fourth-order valence-electron chi connectivity index (χ4n) is 1.32. The number of amides is 1. The number of carbonyl (C=O) groups excluding carboxylic acids is 1. The van der Waals surface area contributed by atoms with E-state index in [1.54, 1.807) is 12.0 Å². The molecule has 14 heavy (non-hydrogen) atoms. The van der Waals surface area contributed by atoms with Gasteiger partial charge in [0.2, 0.25) is 5.91 Å². The van der Waals surface area contributed by atoms with Crippen LogP contribution in [0.3, 0.4) is 0 Å². The van der Waals surface area contributed by atoms with Crippen LogP contribution in [0.1, 0.15) is 6.42 Å². The van der Waals surface area contributed by atoms with Gasteiger partial charge in [-0.25, -0.2) is 0 Å². The van der Waals surface area contributed by atoms with Gasteiger partial charge in [0, 0.05) is 20.2 Å². The molecule has 0 N–H and O–H groups in total. The summed E-state index contributed by atoms with van der Waals surface area (Å²) < 4.78 is 10.1. The van der Waals surface area contributed by atoms with E-state index in [0.29, 0.717) is 26.1 Å². The van der Waals surface area contributed by atoms with Crippen molar-refractivity contribution in [2.75, 3.05) is 33.4 Å². The molecule has 0 aromatic heterocycles. The van der Waals surface area contributed by atoms with Crippen LogP contribution >= 0.6 is 0 Å². The second-order valence-corrected chi connectivity index (χ2v) is 3.13. The largest absolute Gasteiger partial charge is 0.383 e. The van der Waals surface area contributed by atoms with Gasteiger partial charge in [0.15, 0.2) is 0 Å². The number of carbonyl (C=O) groups is 1. The Hall–Kier alpha value is -1.12. The van der Waals surface area contributed by atoms with E-state index >= 15 is 0 Å². The van der Waals surface area contributed by atoms with E-state index in [1.165, 1.54) is 0 Å². The first-order chi connectivity index (χ1) is 6.77. The third-order valence-corrected chi connectivity index (χ3v) is 2.10. The number of hydrogen-bond acceptors (Lipinski definition) is 4. The second-order valence-electron chi connectivity index (χ2n) is 3.13. The molecule has 1 atom stereocenters. The van der Waals surface area contributed by atoms with E-state index in [1.807, 2.05) is 6.07 Å². The molecule has 0 radical (unpaired) electrons. The van der Waals surface area contributed by atoms with Crippen LogP contribution in [0.15, 0.2) is 0 Å². The number of nitrogens with zero attached hydrogens (tertiary/aromatic N) is 2. The topological polar surface area (TPSA) is 62.6 Å². The third-order valence-electron chi connectivity index (χ3n) is 2.10. The zero-order valence-electron chi connectivity index (χ0n) is 8.23. The maximum absolute atomic E-state index is 11.3. The van der Waals surface area contributed by atoms with Gasteiger partial charge in [-0.3, -0.25) is 4.79 Å². The lowest BCUT2D eigenvalue weighted by Crippen LogP contribution is -2.47. The zero-order valence-corrected chi connectivity index (χ0v) is 8.23. The fourth-order valence-corrected chi connectivity index (χ4v) is 1.32. The van der Waals surface area contributed by atoms with Crippen molar-refractivity contribution in [3.05, 3.63) is 0 Å². The summed E-state index contributed by atoms with van der Waals surface area (Å²) in [5.41, 5.74) is 0. The molecule has 0 aliphatic carbocycles. The molecule has 5 nitrogen and oxygen atoms in total. The van der Waals surface area contributed by atoms with Gasteiger partial charge in [-0.1, -0.05) is 0 Å². The number of hydrogen-bond donors (Lipinski definition) is 0. The van der Waals surface area contributed by atoms with E-state index in [2.05, 4.69) is 0 Å². The summed E-state index contributed by atoms with van der Waals surface area (Å²) in [7, 11) is 1.59. The van der Waals surface area contributed by atoms with E-state index in [9.17, 15) is 4.79 Å². The highest BCUT2D eigenvalue weighted by Gasteiger charge is 2.25. The second kappa shape index (κ2) is 5.58. The number of rotatable bonds is 4. The summed E-state index contributed by atoms with van der Waals surface area (Å²) >= 11 is 0. The van der Waals surface area contributed by atoms with Gasteiger partial charge in [0.05, 0.1) is 25.2 Å². The molecule has 78 valence electrons. The predicted octanol–water partition coefficient (Wildman–Crippen LogP) is -0.226. The minimum Gasteiger partial charge on any atom is -0.383 e. The molecule has 0 aromatic carbocycles. The van der Waals surface area contributed by atoms with Crippen LogP contribution in [0.2, 0.25) is 0 Å². The fraction of sp³-hybridized carbons (Fsp3) is 0.778. The highest BCUT2D eigenvalue weighted by molar-refractivity contribution is 5.78. The standard InChI is InChI=1S/C9H14N2O3/c1-13-5-4-11-6-8(2-3-10)14-7-9(11)12/h8H,2,4-7H2,1H3. The summed E-state index contributed by atoms with van der Waals surface area (Å²) in [6.45, 7) is 1.66. The lowest BCUT2D eigenvalue weighted by Gasteiger charge is -2.31. The molecule has 1 heterocycles. The van der Waals surface area contributed by atoms with Gasteiger partial charge < -0.3 is 14.4 Å². The molecule has 1 aliphatic rings. The van der Waals surface area contributed by atoms with E-state index in [-0.39, 0.29) is 18.6 Å². The van der Waals surface area contributed by atoms with Crippen molar-refractivity contribution < 1.29 is 14.3 Å². The minimum atomic E-state index is -0.144. The first kappa shape index (κ1) is 11.0. The first-order valence-corrected chi connectivity index (χ1v) is 4.53. The summed E-state index contributed by atoms with van der Waals surface area (Å²) in [6.07, 6.45) is 0.186. The Balaban J connectivity index is 2.39. The smallest absolute Gasteiger partial charge is 0.248 e. The Morgan fingerprint density at radius 1 is 1.79 bits per heavy atom. The Morgan fingerprint density at radius 2 is 2.57 bits per heavy atom. The normalized spacial score (nSPS) is 22.1. The van der Waals surface area contributed by atoms with Gasteiger partial charge in [0.25, 0.3) is 0 Å². The van der Waals surface area contributed by atoms with E-state index in [0.717, 1.165) is 0 Å². The Bertz CT molecular complexity index is 237. The first-order valence-electron chi connectivity index (χ1n) is 4.53. The molecule has 0 saturated carbocycles. The molecule has 1 rings (SSSR count). The van der Waals surface area contributed by atoms with Crippen LogP contribution in [-0.4, -0.2) is 50.3 Å². The average molecular weight is 198 g/mol. The highest BCUT2D eigenvalue weighted by atomic mass is 16.5. The Morgan fingerprint density at radius 3 is 3.21 bits per heavy atom. The third kappa shape index (κ3) is 2.98. The lowest BCUT2D eigenvalue weighted by molar-refractivity contribution is -0.149. The molecule has 5 heteroatoms. The van der Waals surface area contributed by atoms with Gasteiger partial charge in [-0.2, -0.15) is 5.26 Å². The predicted molar refractivity (Wildman–Crippen MR) is 48.4 cm³/mol. The van der Waals surface area contributed by atoms with Crippen molar-refractivity contribution in [3.8, 4) is 6.07 Å². The molecule has 0 spiro atoms. The van der Waals surface area contributed by atoms with Crippen molar-refractivity contribution in [3.63, 3.8) is 0 Å². The Kier molecular flexibility index (Phi) is 4.36. The zero-order chi connectivity index (χ0) is 10.4. The van der Waals surface area contributed by atoms with Crippen LogP contribution in [0.4, 0.5) is 0 Å². The van der Waals surface area contributed by atoms with Gasteiger partial charge >= 0.3 is 0 Å². The van der Waals surface area contributed by atoms with Crippen LogP contribution in [0.25, 0.3) is 0 Å². The van der Waals surface area contributed by atoms with Crippen molar-refractivity contribution in [2.24, 2.45) is 0 Å². The monoisotopic (exact) mass is 198 g/mol. The molecule has 0 aromatic rings. The molecule has 1 fully saturated rings. The summed E-state index contributed by atoms with van der Waals surface area (Å²) in [6, 6.07) is 2.03. The van der Waals surface area contributed by atoms with E-state index in [4.69, 9.17) is 14.7 Å². The molecular weight excluding hydrogens is 184 g/mol.